The third kappa shape index (κ3) is 5.79. The second kappa shape index (κ2) is 10.5. The summed E-state index contributed by atoms with van der Waals surface area (Å²) < 4.78 is 40.9. The highest BCUT2D eigenvalue weighted by Gasteiger charge is 2.63. The zero-order valence-corrected chi connectivity index (χ0v) is 21.3. The number of rotatable bonds is 9. The molecule has 1 saturated heterocycles. The lowest BCUT2D eigenvalue weighted by molar-refractivity contribution is -0.240. The number of benzene rings is 1. The molecule has 0 spiro atoms. The summed E-state index contributed by atoms with van der Waals surface area (Å²) in [7, 11) is 0. The zero-order valence-electron chi connectivity index (χ0n) is 20.5. The summed E-state index contributed by atoms with van der Waals surface area (Å²) in [6, 6.07) is 1.97. The summed E-state index contributed by atoms with van der Waals surface area (Å²) in [5.74, 6) is -5.04. The van der Waals surface area contributed by atoms with Crippen LogP contribution < -0.4 is 21.3 Å². The average molecular weight is 557 g/mol. The summed E-state index contributed by atoms with van der Waals surface area (Å²) >= 11 is 6.03. The van der Waals surface area contributed by atoms with E-state index >= 15 is 0 Å². The molecule has 0 aromatic heterocycles. The quantitative estimate of drug-likeness (QED) is 0.347. The molecule has 9 nitrogen and oxygen atoms in total. The van der Waals surface area contributed by atoms with Crippen LogP contribution in [0.15, 0.2) is 18.2 Å². The lowest BCUT2D eigenvalue weighted by atomic mass is 9.67. The van der Waals surface area contributed by atoms with Crippen LogP contribution in [0.5, 0.6) is 0 Å². The lowest BCUT2D eigenvalue weighted by Gasteiger charge is -2.41. The fourth-order valence-electron chi connectivity index (χ4n) is 4.78. The van der Waals surface area contributed by atoms with Gasteiger partial charge in [-0.15, -0.1) is 0 Å². The molecule has 4 rings (SSSR count). The predicted molar refractivity (Wildman–Crippen MR) is 130 cm³/mol. The molecule has 1 aromatic carbocycles. The van der Waals surface area contributed by atoms with Gasteiger partial charge in [0.1, 0.15) is 5.41 Å². The van der Waals surface area contributed by atoms with Gasteiger partial charge < -0.3 is 21.3 Å². The standard InChI is InChI=1S/C25H28ClF3N4O5/c1-12-9-13(20(35)30-12)10-18(19(34)22(37)31-15-4-5-15)32-21(36)16-11-14(26)3-6-17(16)33-23(38)24(7-2-8-24)25(27,28)29/h3,6,11-13,15,18H,2,4-5,7-10H2,1H3,(H,30,35)(H,31,37)(H,32,36)(H,33,38)/t12-,13+,18+/m1/s1. The Morgan fingerprint density at radius 1 is 1.18 bits per heavy atom. The lowest BCUT2D eigenvalue weighted by Crippen LogP contribution is -2.53. The summed E-state index contributed by atoms with van der Waals surface area (Å²) in [6.45, 7) is 1.78. The molecule has 2 saturated carbocycles. The molecular formula is C25H28ClF3N4O5. The summed E-state index contributed by atoms with van der Waals surface area (Å²) in [6.07, 6.45) is -3.58. The molecule has 206 valence electrons. The van der Waals surface area contributed by atoms with Gasteiger partial charge in [-0.2, -0.15) is 13.2 Å². The van der Waals surface area contributed by atoms with Crippen molar-refractivity contribution in [3.63, 3.8) is 0 Å². The predicted octanol–water partition coefficient (Wildman–Crippen LogP) is 2.87. The van der Waals surface area contributed by atoms with E-state index in [4.69, 9.17) is 11.6 Å². The first-order valence-corrected chi connectivity index (χ1v) is 12.8. The van der Waals surface area contributed by atoms with E-state index in [0.29, 0.717) is 6.42 Å². The van der Waals surface area contributed by atoms with Crippen LogP contribution in [-0.4, -0.2) is 53.7 Å². The third-order valence-corrected chi connectivity index (χ3v) is 7.57. The molecule has 1 aromatic rings. The van der Waals surface area contributed by atoms with Crippen LogP contribution in [0.25, 0.3) is 0 Å². The van der Waals surface area contributed by atoms with Crippen molar-refractivity contribution in [2.45, 2.75) is 76.2 Å². The minimum Gasteiger partial charge on any atom is -0.353 e. The highest BCUT2D eigenvalue weighted by atomic mass is 35.5. The first-order chi connectivity index (χ1) is 17.8. The normalized spacial score (nSPS) is 23.0. The van der Waals surface area contributed by atoms with Crippen molar-refractivity contribution in [1.82, 2.24) is 16.0 Å². The van der Waals surface area contributed by atoms with Gasteiger partial charge >= 0.3 is 6.18 Å². The SMILES string of the molecule is C[C@@H]1C[C@@H](C[C@H](NC(=O)c2cc(Cl)ccc2NC(=O)C2(C(F)(F)F)CCC2)C(=O)C(=O)NC2CC2)C(=O)N1. The van der Waals surface area contributed by atoms with Crippen LogP contribution in [0.4, 0.5) is 18.9 Å². The fourth-order valence-corrected chi connectivity index (χ4v) is 4.95. The van der Waals surface area contributed by atoms with Crippen LogP contribution in [-0.2, 0) is 19.2 Å². The van der Waals surface area contributed by atoms with E-state index in [2.05, 4.69) is 21.3 Å². The molecule has 38 heavy (non-hydrogen) atoms. The van der Waals surface area contributed by atoms with Crippen molar-refractivity contribution in [3.8, 4) is 0 Å². The largest absolute Gasteiger partial charge is 0.403 e. The Balaban J connectivity index is 1.56. The van der Waals surface area contributed by atoms with E-state index in [-0.39, 0.29) is 59.9 Å². The molecule has 3 aliphatic rings. The van der Waals surface area contributed by atoms with Crippen molar-refractivity contribution < 1.29 is 37.1 Å². The Kier molecular flexibility index (Phi) is 7.74. The summed E-state index contributed by atoms with van der Waals surface area (Å²) in [5.41, 5.74) is -3.06. The summed E-state index contributed by atoms with van der Waals surface area (Å²) in [5, 5.41) is 9.99. The van der Waals surface area contributed by atoms with Gasteiger partial charge in [0, 0.05) is 23.0 Å². The maximum atomic E-state index is 13.6. The van der Waals surface area contributed by atoms with Crippen LogP contribution in [0.2, 0.25) is 5.02 Å². The van der Waals surface area contributed by atoms with E-state index < -0.39 is 47.1 Å². The van der Waals surface area contributed by atoms with Crippen molar-refractivity contribution in [3.05, 3.63) is 28.8 Å². The van der Waals surface area contributed by atoms with Gasteiger partial charge in [-0.1, -0.05) is 18.0 Å². The van der Waals surface area contributed by atoms with E-state index in [1.807, 2.05) is 0 Å². The number of anilines is 1. The molecule has 1 heterocycles. The first kappa shape index (κ1) is 27.9. The number of carbonyl (C=O) groups excluding carboxylic acids is 5. The third-order valence-electron chi connectivity index (χ3n) is 7.33. The Labute approximate surface area is 221 Å². The number of carbonyl (C=O) groups is 5. The number of alkyl halides is 3. The monoisotopic (exact) mass is 556 g/mol. The number of hydrogen-bond acceptors (Lipinski definition) is 5. The number of hydrogen-bond donors (Lipinski definition) is 4. The average Bonchev–Trinajstić information content (AvgIpc) is 3.54. The molecule has 1 aliphatic heterocycles. The first-order valence-electron chi connectivity index (χ1n) is 12.4. The number of nitrogens with one attached hydrogen (secondary N) is 4. The van der Waals surface area contributed by atoms with E-state index in [9.17, 15) is 37.1 Å². The molecule has 0 bridgehead atoms. The van der Waals surface area contributed by atoms with Crippen LogP contribution in [0.3, 0.4) is 0 Å². The van der Waals surface area contributed by atoms with Crippen molar-refractivity contribution in [2.75, 3.05) is 5.32 Å². The molecule has 2 aliphatic carbocycles. The van der Waals surface area contributed by atoms with Gasteiger partial charge in [0.05, 0.1) is 17.3 Å². The minimum absolute atomic E-state index is 0.0562. The van der Waals surface area contributed by atoms with Gasteiger partial charge in [-0.3, -0.25) is 24.0 Å². The Hall–Kier alpha value is -3.15. The van der Waals surface area contributed by atoms with Crippen LogP contribution in [0.1, 0.15) is 62.2 Å². The van der Waals surface area contributed by atoms with Gasteiger partial charge in [-0.25, -0.2) is 0 Å². The van der Waals surface area contributed by atoms with Gasteiger partial charge in [0.2, 0.25) is 17.6 Å². The Morgan fingerprint density at radius 3 is 2.39 bits per heavy atom. The Morgan fingerprint density at radius 2 is 1.87 bits per heavy atom. The topological polar surface area (TPSA) is 133 Å². The molecule has 4 amide bonds. The number of amides is 4. The van der Waals surface area contributed by atoms with Crippen LogP contribution >= 0.6 is 11.6 Å². The number of Topliss-reactive ketones (excluding diaryl/α,β-unsaturated/α-hetero) is 1. The zero-order chi connectivity index (χ0) is 27.8. The second-order valence-electron chi connectivity index (χ2n) is 10.3. The maximum absolute atomic E-state index is 13.6. The van der Waals surface area contributed by atoms with Gasteiger partial charge in [0.15, 0.2) is 0 Å². The fraction of sp³-hybridized carbons (Fsp3) is 0.560. The van der Waals surface area contributed by atoms with Crippen molar-refractivity contribution in [1.29, 1.82) is 0 Å². The Bertz CT molecular complexity index is 1170. The molecule has 0 unspecified atom stereocenters. The number of ketones is 1. The smallest absolute Gasteiger partial charge is 0.353 e. The van der Waals surface area contributed by atoms with Crippen molar-refractivity contribution in [2.24, 2.45) is 11.3 Å². The molecule has 3 fully saturated rings. The molecule has 0 radical (unpaired) electrons. The van der Waals surface area contributed by atoms with Crippen molar-refractivity contribution >= 4 is 46.7 Å². The van der Waals surface area contributed by atoms with Gasteiger partial charge in [-0.05, 0) is 63.6 Å². The molecular weight excluding hydrogens is 529 g/mol. The minimum atomic E-state index is -4.77. The highest BCUT2D eigenvalue weighted by molar-refractivity contribution is 6.38. The molecule has 3 atom stereocenters. The maximum Gasteiger partial charge on any atom is 0.403 e. The highest BCUT2D eigenvalue weighted by Crippen LogP contribution is 2.53. The summed E-state index contributed by atoms with van der Waals surface area (Å²) in [4.78, 5) is 63.8. The molecule has 4 N–H and O–H groups in total. The van der Waals surface area contributed by atoms with E-state index in [0.717, 1.165) is 18.9 Å². The number of halogens is 4. The van der Waals surface area contributed by atoms with Gasteiger partial charge in [0.25, 0.3) is 11.8 Å². The second-order valence-corrected chi connectivity index (χ2v) is 10.7. The van der Waals surface area contributed by atoms with E-state index in [1.165, 1.54) is 12.1 Å². The molecule has 13 heteroatoms. The van der Waals surface area contributed by atoms with E-state index in [1.54, 1.807) is 6.92 Å². The van der Waals surface area contributed by atoms with Crippen LogP contribution in [0, 0.1) is 11.3 Å².